The first-order valence-electron chi connectivity index (χ1n) is 7.13. The summed E-state index contributed by atoms with van der Waals surface area (Å²) in [4.78, 5) is 30.2. The summed E-state index contributed by atoms with van der Waals surface area (Å²) in [7, 11) is 0. The molecular weight excluding hydrogens is 256 g/mol. The van der Waals surface area contributed by atoms with Crippen LogP contribution < -0.4 is 5.32 Å². The number of hydrogen-bond donors (Lipinski definition) is 1. The van der Waals surface area contributed by atoms with Crippen molar-refractivity contribution in [2.75, 3.05) is 6.54 Å². The second-order valence-corrected chi connectivity index (χ2v) is 5.23. The maximum Gasteiger partial charge on any atom is 0.245 e. The molecule has 1 aromatic rings. The maximum absolute atomic E-state index is 12.3. The van der Waals surface area contributed by atoms with E-state index in [0.29, 0.717) is 19.5 Å². The number of aromatic nitrogens is 2. The molecule has 1 aliphatic heterocycles. The van der Waals surface area contributed by atoms with Crippen molar-refractivity contribution in [1.82, 2.24) is 19.8 Å². The van der Waals surface area contributed by atoms with Gasteiger partial charge in [0.15, 0.2) is 0 Å². The largest absolute Gasteiger partial charge is 0.343 e. The molecule has 0 aromatic carbocycles. The van der Waals surface area contributed by atoms with Crippen molar-refractivity contribution in [3.63, 3.8) is 0 Å². The van der Waals surface area contributed by atoms with Crippen LogP contribution in [-0.2, 0) is 16.1 Å². The van der Waals surface area contributed by atoms with Gasteiger partial charge in [0, 0.05) is 25.5 Å². The molecule has 0 bridgehead atoms. The van der Waals surface area contributed by atoms with Crippen LogP contribution in [0.5, 0.6) is 0 Å². The van der Waals surface area contributed by atoms with Gasteiger partial charge in [-0.05, 0) is 20.3 Å². The van der Waals surface area contributed by atoms with Gasteiger partial charge >= 0.3 is 0 Å². The van der Waals surface area contributed by atoms with Crippen LogP contribution in [0.2, 0.25) is 0 Å². The molecule has 1 aliphatic rings. The van der Waals surface area contributed by atoms with Crippen molar-refractivity contribution >= 4 is 11.8 Å². The van der Waals surface area contributed by atoms with Crippen LogP contribution in [0, 0.1) is 6.92 Å². The Balaban J connectivity index is 2.09. The standard InChI is InChI=1S/C14H22N4O2/c1-4-5-12-13(19)16-10(2)14(20)18(12)9-8-17-7-6-15-11(17)3/h6-7,10,12H,4-5,8-9H2,1-3H3,(H,16,19). The van der Waals surface area contributed by atoms with E-state index in [0.717, 1.165) is 12.2 Å². The lowest BCUT2D eigenvalue weighted by Crippen LogP contribution is -2.62. The van der Waals surface area contributed by atoms with Crippen LogP contribution >= 0.6 is 0 Å². The van der Waals surface area contributed by atoms with E-state index in [1.54, 1.807) is 18.0 Å². The molecule has 0 aliphatic carbocycles. The summed E-state index contributed by atoms with van der Waals surface area (Å²) in [6.07, 6.45) is 5.21. The van der Waals surface area contributed by atoms with Crippen molar-refractivity contribution in [1.29, 1.82) is 0 Å². The van der Waals surface area contributed by atoms with Gasteiger partial charge in [-0.1, -0.05) is 13.3 Å². The topological polar surface area (TPSA) is 67.2 Å². The summed E-state index contributed by atoms with van der Waals surface area (Å²) < 4.78 is 1.99. The maximum atomic E-state index is 12.3. The second-order valence-electron chi connectivity index (χ2n) is 5.23. The third kappa shape index (κ3) is 2.84. The van der Waals surface area contributed by atoms with Gasteiger partial charge in [-0.15, -0.1) is 0 Å². The van der Waals surface area contributed by atoms with E-state index < -0.39 is 6.04 Å². The molecule has 2 unspecified atom stereocenters. The van der Waals surface area contributed by atoms with E-state index in [1.165, 1.54) is 0 Å². The minimum Gasteiger partial charge on any atom is -0.343 e. The van der Waals surface area contributed by atoms with Gasteiger partial charge in [-0.25, -0.2) is 4.98 Å². The van der Waals surface area contributed by atoms with Gasteiger partial charge in [0.1, 0.15) is 17.9 Å². The highest BCUT2D eigenvalue weighted by atomic mass is 16.2. The van der Waals surface area contributed by atoms with Crippen LogP contribution in [0.3, 0.4) is 0 Å². The van der Waals surface area contributed by atoms with Gasteiger partial charge in [-0.3, -0.25) is 9.59 Å². The van der Waals surface area contributed by atoms with Crippen molar-refractivity contribution in [2.24, 2.45) is 0 Å². The predicted octanol–water partition coefficient (Wildman–Crippen LogP) is 0.707. The predicted molar refractivity (Wildman–Crippen MR) is 75.0 cm³/mol. The van der Waals surface area contributed by atoms with E-state index in [1.807, 2.05) is 24.6 Å². The van der Waals surface area contributed by atoms with Gasteiger partial charge in [0.05, 0.1) is 0 Å². The summed E-state index contributed by atoms with van der Waals surface area (Å²) in [6, 6.07) is -0.771. The number of aryl methyl sites for hydroxylation is 1. The van der Waals surface area contributed by atoms with Crippen molar-refractivity contribution in [3.05, 3.63) is 18.2 Å². The van der Waals surface area contributed by atoms with Crippen LogP contribution in [0.1, 0.15) is 32.5 Å². The number of imidazole rings is 1. The summed E-state index contributed by atoms with van der Waals surface area (Å²) in [6.45, 7) is 6.89. The Hall–Kier alpha value is -1.85. The SMILES string of the molecule is CCCC1C(=O)NC(C)C(=O)N1CCn1ccnc1C. The third-order valence-electron chi connectivity index (χ3n) is 3.76. The fourth-order valence-corrected chi connectivity index (χ4v) is 2.60. The fraction of sp³-hybridized carbons (Fsp3) is 0.643. The average molecular weight is 278 g/mol. The van der Waals surface area contributed by atoms with Gasteiger partial charge < -0.3 is 14.8 Å². The van der Waals surface area contributed by atoms with Crippen LogP contribution in [0.4, 0.5) is 0 Å². The number of carbonyl (C=O) groups is 2. The Kier molecular flexibility index (Phi) is 4.42. The van der Waals surface area contributed by atoms with Crippen molar-refractivity contribution < 1.29 is 9.59 Å². The molecule has 2 amide bonds. The first kappa shape index (κ1) is 14.6. The fourth-order valence-electron chi connectivity index (χ4n) is 2.60. The lowest BCUT2D eigenvalue weighted by molar-refractivity contribution is -0.149. The molecule has 1 N–H and O–H groups in total. The molecule has 1 saturated heterocycles. The number of rotatable bonds is 5. The zero-order valence-electron chi connectivity index (χ0n) is 12.3. The van der Waals surface area contributed by atoms with Crippen molar-refractivity contribution in [3.8, 4) is 0 Å². The summed E-state index contributed by atoms with van der Waals surface area (Å²) in [5.41, 5.74) is 0. The lowest BCUT2D eigenvalue weighted by Gasteiger charge is -2.38. The van der Waals surface area contributed by atoms with Crippen LogP contribution in [0.15, 0.2) is 12.4 Å². The minimum atomic E-state index is -0.431. The molecule has 6 nitrogen and oxygen atoms in total. The zero-order chi connectivity index (χ0) is 14.7. The monoisotopic (exact) mass is 278 g/mol. The first-order valence-corrected chi connectivity index (χ1v) is 7.13. The molecule has 0 radical (unpaired) electrons. The number of hydrogen-bond acceptors (Lipinski definition) is 3. The molecule has 2 atom stereocenters. The molecule has 0 spiro atoms. The highest BCUT2D eigenvalue weighted by Gasteiger charge is 2.37. The van der Waals surface area contributed by atoms with E-state index in [-0.39, 0.29) is 17.9 Å². The molecule has 1 fully saturated rings. The number of nitrogens with one attached hydrogen (secondary N) is 1. The molecule has 6 heteroatoms. The molecule has 1 aromatic heterocycles. The smallest absolute Gasteiger partial charge is 0.245 e. The van der Waals surface area contributed by atoms with Gasteiger partial charge in [0.2, 0.25) is 11.8 Å². The normalized spacial score (nSPS) is 23.1. The molecule has 2 rings (SSSR count). The van der Waals surface area contributed by atoms with E-state index in [2.05, 4.69) is 10.3 Å². The average Bonchev–Trinajstić information content (AvgIpc) is 2.81. The summed E-state index contributed by atoms with van der Waals surface area (Å²) in [5.74, 6) is 0.876. The van der Waals surface area contributed by atoms with Gasteiger partial charge in [-0.2, -0.15) is 0 Å². The third-order valence-corrected chi connectivity index (χ3v) is 3.76. The zero-order valence-corrected chi connectivity index (χ0v) is 12.3. The van der Waals surface area contributed by atoms with Gasteiger partial charge in [0.25, 0.3) is 0 Å². The Morgan fingerprint density at radius 2 is 2.10 bits per heavy atom. The highest BCUT2D eigenvalue weighted by molar-refractivity contribution is 5.96. The van der Waals surface area contributed by atoms with E-state index >= 15 is 0 Å². The molecular formula is C14H22N4O2. The Bertz CT molecular complexity index is 497. The van der Waals surface area contributed by atoms with E-state index in [9.17, 15) is 9.59 Å². The molecule has 110 valence electrons. The lowest BCUT2D eigenvalue weighted by atomic mass is 10.0. The summed E-state index contributed by atoms with van der Waals surface area (Å²) >= 11 is 0. The second kappa shape index (κ2) is 6.07. The summed E-state index contributed by atoms with van der Waals surface area (Å²) in [5, 5.41) is 2.75. The Morgan fingerprint density at radius 1 is 1.35 bits per heavy atom. The number of amides is 2. The van der Waals surface area contributed by atoms with Crippen LogP contribution in [-0.4, -0.2) is 44.9 Å². The van der Waals surface area contributed by atoms with E-state index in [4.69, 9.17) is 0 Å². The van der Waals surface area contributed by atoms with Crippen LogP contribution in [0.25, 0.3) is 0 Å². The first-order chi connectivity index (χ1) is 9.54. The molecule has 2 heterocycles. The quantitative estimate of drug-likeness (QED) is 0.862. The minimum absolute atomic E-state index is 0.000758. The number of carbonyl (C=O) groups excluding carboxylic acids is 2. The van der Waals surface area contributed by atoms with Crippen molar-refractivity contribution in [2.45, 2.75) is 52.2 Å². The Labute approximate surface area is 119 Å². The highest BCUT2D eigenvalue weighted by Crippen LogP contribution is 2.15. The number of piperazine rings is 1. The molecule has 20 heavy (non-hydrogen) atoms. The number of nitrogens with zero attached hydrogens (tertiary/aromatic N) is 3. The molecule has 0 saturated carbocycles. The Morgan fingerprint density at radius 3 is 2.70 bits per heavy atom.